The highest BCUT2D eigenvalue weighted by molar-refractivity contribution is 5.65. The monoisotopic (exact) mass is 249 g/mol. The Morgan fingerprint density at radius 3 is 2.78 bits per heavy atom. The summed E-state index contributed by atoms with van der Waals surface area (Å²) in [6, 6.07) is 7.32. The van der Waals surface area contributed by atoms with Crippen LogP contribution in [0.2, 0.25) is 0 Å². The lowest BCUT2D eigenvalue weighted by Gasteiger charge is -2.33. The number of benzene rings is 1. The van der Waals surface area contributed by atoms with Gasteiger partial charge in [0.1, 0.15) is 5.75 Å². The maximum absolute atomic E-state index is 10.7. The van der Waals surface area contributed by atoms with Gasteiger partial charge in [-0.15, -0.1) is 0 Å². The van der Waals surface area contributed by atoms with Crippen LogP contribution >= 0.6 is 0 Å². The van der Waals surface area contributed by atoms with Gasteiger partial charge in [0.05, 0.1) is 6.61 Å². The van der Waals surface area contributed by atoms with E-state index in [1.54, 1.807) is 12.1 Å². The van der Waals surface area contributed by atoms with Gasteiger partial charge in [0.2, 0.25) is 0 Å². The molecule has 0 spiro atoms. The Morgan fingerprint density at radius 1 is 1.44 bits per heavy atom. The van der Waals surface area contributed by atoms with E-state index in [1.807, 2.05) is 12.1 Å². The Hall–Kier alpha value is -1.71. The van der Waals surface area contributed by atoms with Crippen LogP contribution in [0.1, 0.15) is 19.8 Å². The van der Waals surface area contributed by atoms with Gasteiger partial charge in [-0.2, -0.15) is 0 Å². The average molecular weight is 249 g/mol. The largest absolute Gasteiger partial charge is 0.508 e. The fourth-order valence-corrected chi connectivity index (χ4v) is 2.28. The first-order valence-electron chi connectivity index (χ1n) is 6.32. The van der Waals surface area contributed by atoms with Gasteiger partial charge in [-0.1, -0.05) is 6.07 Å². The third-order valence-electron chi connectivity index (χ3n) is 3.33. The van der Waals surface area contributed by atoms with Crippen molar-refractivity contribution in [3.05, 3.63) is 24.3 Å². The number of carbonyl (C=O) groups is 1. The molecule has 1 aliphatic rings. The zero-order chi connectivity index (χ0) is 13.0. The van der Waals surface area contributed by atoms with Gasteiger partial charge in [0, 0.05) is 31.8 Å². The predicted octanol–water partition coefficient (Wildman–Crippen LogP) is 2.17. The highest BCUT2D eigenvalue weighted by Crippen LogP contribution is 2.25. The van der Waals surface area contributed by atoms with Gasteiger partial charge >= 0.3 is 5.97 Å². The van der Waals surface area contributed by atoms with Crippen molar-refractivity contribution < 1.29 is 14.6 Å². The maximum atomic E-state index is 10.7. The van der Waals surface area contributed by atoms with E-state index in [1.165, 1.54) is 6.92 Å². The molecule has 98 valence electrons. The Bertz CT molecular complexity index is 411. The summed E-state index contributed by atoms with van der Waals surface area (Å²) in [7, 11) is 0. The van der Waals surface area contributed by atoms with Gasteiger partial charge in [0.25, 0.3) is 0 Å². The van der Waals surface area contributed by atoms with Crippen molar-refractivity contribution in [2.24, 2.45) is 5.92 Å². The molecule has 1 heterocycles. The molecule has 0 atom stereocenters. The van der Waals surface area contributed by atoms with Crippen LogP contribution < -0.4 is 4.90 Å². The fourth-order valence-electron chi connectivity index (χ4n) is 2.28. The standard InChI is InChI=1S/C14H19NO3/c1-11(16)18-10-12-5-7-15(8-6-12)13-3-2-4-14(17)9-13/h2-4,9,12,17H,5-8,10H2,1H3. The van der Waals surface area contributed by atoms with Gasteiger partial charge in [0.15, 0.2) is 0 Å². The second-order valence-corrected chi connectivity index (χ2v) is 4.75. The van der Waals surface area contributed by atoms with Crippen LogP contribution in [-0.4, -0.2) is 30.8 Å². The minimum atomic E-state index is -0.203. The minimum absolute atomic E-state index is 0.203. The number of rotatable bonds is 3. The molecule has 1 aromatic rings. The van der Waals surface area contributed by atoms with Crippen molar-refractivity contribution in [3.8, 4) is 5.75 Å². The lowest BCUT2D eigenvalue weighted by molar-refractivity contribution is -0.142. The number of ether oxygens (including phenoxy) is 1. The molecule has 0 saturated carbocycles. The number of aromatic hydroxyl groups is 1. The normalized spacial score (nSPS) is 16.6. The second kappa shape index (κ2) is 5.76. The minimum Gasteiger partial charge on any atom is -0.508 e. The molecule has 0 aliphatic carbocycles. The molecule has 4 heteroatoms. The van der Waals surface area contributed by atoms with Crippen molar-refractivity contribution in [3.63, 3.8) is 0 Å². The first-order chi connectivity index (χ1) is 8.65. The van der Waals surface area contributed by atoms with E-state index in [2.05, 4.69) is 4.90 Å². The van der Waals surface area contributed by atoms with Crippen LogP contribution in [0.15, 0.2) is 24.3 Å². The number of hydrogen-bond donors (Lipinski definition) is 1. The number of piperidine rings is 1. The summed E-state index contributed by atoms with van der Waals surface area (Å²) < 4.78 is 5.04. The van der Waals surface area contributed by atoms with Gasteiger partial charge in [-0.3, -0.25) is 4.79 Å². The van der Waals surface area contributed by atoms with E-state index >= 15 is 0 Å². The van der Waals surface area contributed by atoms with E-state index in [4.69, 9.17) is 4.74 Å². The van der Waals surface area contributed by atoms with Crippen molar-refractivity contribution in [2.45, 2.75) is 19.8 Å². The fraction of sp³-hybridized carbons (Fsp3) is 0.500. The van der Waals surface area contributed by atoms with Crippen molar-refractivity contribution >= 4 is 11.7 Å². The molecule has 0 unspecified atom stereocenters. The molecule has 0 aromatic heterocycles. The molecule has 0 amide bonds. The number of anilines is 1. The quantitative estimate of drug-likeness (QED) is 0.834. The Morgan fingerprint density at radius 2 is 2.17 bits per heavy atom. The smallest absolute Gasteiger partial charge is 0.302 e. The molecular formula is C14H19NO3. The first kappa shape index (κ1) is 12.7. The van der Waals surface area contributed by atoms with Crippen molar-refractivity contribution in [1.29, 1.82) is 0 Å². The number of phenolic OH excluding ortho intramolecular Hbond substituents is 1. The summed E-state index contributed by atoms with van der Waals surface area (Å²) in [5, 5.41) is 9.46. The summed E-state index contributed by atoms with van der Waals surface area (Å²) >= 11 is 0. The van der Waals surface area contributed by atoms with Crippen LogP contribution in [0.25, 0.3) is 0 Å². The summed E-state index contributed by atoms with van der Waals surface area (Å²) in [5.41, 5.74) is 1.06. The summed E-state index contributed by atoms with van der Waals surface area (Å²) in [4.78, 5) is 13.0. The van der Waals surface area contributed by atoms with Gasteiger partial charge in [-0.25, -0.2) is 0 Å². The third kappa shape index (κ3) is 3.39. The van der Waals surface area contributed by atoms with Crippen LogP contribution in [0.5, 0.6) is 5.75 Å². The molecule has 1 N–H and O–H groups in total. The topological polar surface area (TPSA) is 49.8 Å². The molecule has 1 aromatic carbocycles. The third-order valence-corrected chi connectivity index (χ3v) is 3.33. The SMILES string of the molecule is CC(=O)OCC1CCN(c2cccc(O)c2)CC1. The number of carbonyl (C=O) groups excluding carboxylic acids is 1. The number of nitrogens with zero attached hydrogens (tertiary/aromatic N) is 1. The lowest BCUT2D eigenvalue weighted by Crippen LogP contribution is -2.35. The zero-order valence-corrected chi connectivity index (χ0v) is 10.6. The number of phenols is 1. The van der Waals surface area contributed by atoms with Crippen LogP contribution in [0.3, 0.4) is 0 Å². The van der Waals surface area contributed by atoms with E-state index in [0.29, 0.717) is 18.3 Å². The van der Waals surface area contributed by atoms with Gasteiger partial charge in [-0.05, 0) is 30.9 Å². The predicted molar refractivity (Wildman–Crippen MR) is 69.7 cm³/mol. The first-order valence-corrected chi connectivity index (χ1v) is 6.32. The summed E-state index contributed by atoms with van der Waals surface area (Å²) in [6.07, 6.45) is 2.03. The molecule has 0 bridgehead atoms. The molecule has 1 fully saturated rings. The van der Waals surface area contributed by atoms with E-state index in [0.717, 1.165) is 31.6 Å². The summed E-state index contributed by atoms with van der Waals surface area (Å²) in [6.45, 7) is 3.86. The molecule has 2 rings (SSSR count). The highest BCUT2D eigenvalue weighted by Gasteiger charge is 2.20. The summed E-state index contributed by atoms with van der Waals surface area (Å²) in [5.74, 6) is 0.558. The molecular weight excluding hydrogens is 230 g/mol. The Kier molecular flexibility index (Phi) is 4.07. The van der Waals surface area contributed by atoms with Crippen LogP contribution in [-0.2, 0) is 9.53 Å². The van der Waals surface area contributed by atoms with Crippen molar-refractivity contribution in [2.75, 3.05) is 24.6 Å². The highest BCUT2D eigenvalue weighted by atomic mass is 16.5. The Balaban J connectivity index is 1.85. The van der Waals surface area contributed by atoms with E-state index in [-0.39, 0.29) is 5.97 Å². The lowest BCUT2D eigenvalue weighted by atomic mass is 9.97. The average Bonchev–Trinajstić information content (AvgIpc) is 2.37. The van der Waals surface area contributed by atoms with Crippen molar-refractivity contribution in [1.82, 2.24) is 0 Å². The molecule has 0 radical (unpaired) electrons. The van der Waals surface area contributed by atoms with E-state index in [9.17, 15) is 9.90 Å². The Labute approximate surface area is 107 Å². The van der Waals surface area contributed by atoms with Crippen LogP contribution in [0.4, 0.5) is 5.69 Å². The second-order valence-electron chi connectivity index (χ2n) is 4.75. The molecule has 18 heavy (non-hydrogen) atoms. The zero-order valence-electron chi connectivity index (χ0n) is 10.6. The maximum Gasteiger partial charge on any atom is 0.302 e. The molecule has 1 aliphatic heterocycles. The molecule has 1 saturated heterocycles. The van der Waals surface area contributed by atoms with E-state index < -0.39 is 0 Å². The number of hydrogen-bond acceptors (Lipinski definition) is 4. The van der Waals surface area contributed by atoms with Gasteiger partial charge < -0.3 is 14.7 Å². The molecule has 4 nitrogen and oxygen atoms in total. The number of esters is 1. The van der Waals surface area contributed by atoms with Crippen LogP contribution in [0, 0.1) is 5.92 Å².